The highest BCUT2D eigenvalue weighted by molar-refractivity contribution is 5.94. The summed E-state index contributed by atoms with van der Waals surface area (Å²) >= 11 is 0. The van der Waals surface area contributed by atoms with E-state index in [-0.39, 0.29) is 17.8 Å². The van der Waals surface area contributed by atoms with E-state index in [0.717, 1.165) is 50.9 Å². The van der Waals surface area contributed by atoms with Crippen LogP contribution in [0.15, 0.2) is 24.3 Å². The summed E-state index contributed by atoms with van der Waals surface area (Å²) < 4.78 is 46.6. The summed E-state index contributed by atoms with van der Waals surface area (Å²) in [5.41, 5.74) is 0.360. The molecule has 1 aromatic carbocycles. The number of alkyl halides is 3. The summed E-state index contributed by atoms with van der Waals surface area (Å²) in [6.07, 6.45) is -0.606. The van der Waals surface area contributed by atoms with Crippen LogP contribution >= 0.6 is 0 Å². The molecule has 0 atom stereocenters. The molecule has 2 heterocycles. The van der Waals surface area contributed by atoms with Crippen LogP contribution in [-0.2, 0) is 4.74 Å². The zero-order chi connectivity index (χ0) is 19.4. The fraction of sp³-hybridized carbons (Fsp3) is 0.632. The molecule has 1 amide bonds. The number of rotatable bonds is 4. The van der Waals surface area contributed by atoms with E-state index < -0.39 is 6.36 Å². The third kappa shape index (κ3) is 5.84. The summed E-state index contributed by atoms with van der Waals surface area (Å²) in [7, 11) is 2.11. The second-order valence-electron chi connectivity index (χ2n) is 7.20. The van der Waals surface area contributed by atoms with Crippen molar-refractivity contribution in [1.82, 2.24) is 9.80 Å². The standard InChI is InChI=1S/C19H25F3N2O3/c1-23-10-6-15(7-11-23)26-16-8-12-24(13-9-16)18(25)14-2-4-17(5-3-14)27-19(20,21)22/h2-5,15-16H,6-13H2,1H3. The lowest BCUT2D eigenvalue weighted by molar-refractivity contribution is -0.274. The largest absolute Gasteiger partial charge is 0.573 e. The lowest BCUT2D eigenvalue weighted by Gasteiger charge is -2.36. The number of amides is 1. The Morgan fingerprint density at radius 2 is 1.48 bits per heavy atom. The Morgan fingerprint density at radius 3 is 2.00 bits per heavy atom. The maximum Gasteiger partial charge on any atom is 0.573 e. The smallest absolute Gasteiger partial charge is 0.406 e. The van der Waals surface area contributed by atoms with E-state index in [9.17, 15) is 18.0 Å². The van der Waals surface area contributed by atoms with Crippen molar-refractivity contribution in [3.63, 3.8) is 0 Å². The number of carbonyl (C=O) groups is 1. The van der Waals surface area contributed by atoms with Gasteiger partial charge in [0.2, 0.25) is 0 Å². The van der Waals surface area contributed by atoms with Crippen molar-refractivity contribution in [3.05, 3.63) is 29.8 Å². The topological polar surface area (TPSA) is 42.0 Å². The predicted octanol–water partition coefficient (Wildman–Crippen LogP) is 3.30. The second-order valence-corrected chi connectivity index (χ2v) is 7.20. The van der Waals surface area contributed by atoms with E-state index in [1.165, 1.54) is 12.1 Å². The first-order valence-corrected chi connectivity index (χ1v) is 9.29. The van der Waals surface area contributed by atoms with Crippen molar-refractivity contribution in [1.29, 1.82) is 0 Å². The van der Waals surface area contributed by atoms with Gasteiger partial charge in [-0.2, -0.15) is 0 Å². The molecule has 2 aliphatic rings. The van der Waals surface area contributed by atoms with Crippen LogP contribution in [-0.4, -0.2) is 67.5 Å². The van der Waals surface area contributed by atoms with Crippen LogP contribution in [0.2, 0.25) is 0 Å². The van der Waals surface area contributed by atoms with E-state index in [0.29, 0.717) is 24.8 Å². The quantitative estimate of drug-likeness (QED) is 0.796. The number of nitrogens with zero attached hydrogens (tertiary/aromatic N) is 2. The Balaban J connectivity index is 1.47. The zero-order valence-electron chi connectivity index (χ0n) is 15.4. The number of piperidine rings is 2. The first-order valence-electron chi connectivity index (χ1n) is 9.29. The Hall–Kier alpha value is -1.80. The van der Waals surface area contributed by atoms with Gasteiger partial charge in [0.15, 0.2) is 0 Å². The van der Waals surface area contributed by atoms with Gasteiger partial charge in [-0.3, -0.25) is 4.79 Å². The molecular formula is C19H25F3N2O3. The van der Waals surface area contributed by atoms with Crippen molar-refractivity contribution >= 4 is 5.91 Å². The van der Waals surface area contributed by atoms with Gasteiger partial charge in [-0.1, -0.05) is 0 Å². The molecule has 8 heteroatoms. The molecular weight excluding hydrogens is 361 g/mol. The average molecular weight is 386 g/mol. The molecule has 27 heavy (non-hydrogen) atoms. The Labute approximate surface area is 157 Å². The second kappa shape index (κ2) is 8.48. The average Bonchev–Trinajstić information content (AvgIpc) is 2.63. The lowest BCUT2D eigenvalue weighted by Crippen LogP contribution is -2.43. The van der Waals surface area contributed by atoms with Gasteiger partial charge >= 0.3 is 6.36 Å². The van der Waals surface area contributed by atoms with E-state index >= 15 is 0 Å². The minimum atomic E-state index is -4.73. The van der Waals surface area contributed by atoms with Crippen LogP contribution in [0.3, 0.4) is 0 Å². The molecule has 0 aliphatic carbocycles. The minimum Gasteiger partial charge on any atom is -0.406 e. The fourth-order valence-electron chi connectivity index (χ4n) is 3.57. The van der Waals surface area contributed by atoms with Crippen LogP contribution in [0.1, 0.15) is 36.0 Å². The first kappa shape index (κ1) is 19.9. The van der Waals surface area contributed by atoms with Gasteiger partial charge in [-0.05, 0) is 57.0 Å². The number of carbonyl (C=O) groups excluding carboxylic acids is 1. The summed E-state index contributed by atoms with van der Waals surface area (Å²) in [6.45, 7) is 3.29. The SMILES string of the molecule is CN1CCC(OC2CCN(C(=O)c3ccc(OC(F)(F)F)cc3)CC2)CC1. The number of benzene rings is 1. The molecule has 0 radical (unpaired) electrons. The van der Waals surface area contributed by atoms with Crippen LogP contribution in [0.4, 0.5) is 13.2 Å². The zero-order valence-corrected chi connectivity index (χ0v) is 15.4. The van der Waals surface area contributed by atoms with Crippen molar-refractivity contribution in [2.75, 3.05) is 33.2 Å². The molecule has 2 saturated heterocycles. The molecule has 150 valence electrons. The van der Waals surface area contributed by atoms with Gasteiger partial charge < -0.3 is 19.3 Å². The molecule has 5 nitrogen and oxygen atoms in total. The maximum atomic E-state index is 12.5. The molecule has 0 unspecified atom stereocenters. The number of halogens is 3. The number of hydrogen-bond donors (Lipinski definition) is 0. The molecule has 0 N–H and O–H groups in total. The van der Waals surface area contributed by atoms with Crippen molar-refractivity contribution in [2.24, 2.45) is 0 Å². The molecule has 0 spiro atoms. The van der Waals surface area contributed by atoms with E-state index in [2.05, 4.69) is 16.7 Å². The Bertz CT molecular complexity index is 620. The van der Waals surface area contributed by atoms with Crippen molar-refractivity contribution in [2.45, 2.75) is 44.3 Å². The highest BCUT2D eigenvalue weighted by Gasteiger charge is 2.31. The van der Waals surface area contributed by atoms with Gasteiger partial charge in [0, 0.05) is 31.7 Å². The highest BCUT2D eigenvalue weighted by Crippen LogP contribution is 2.24. The highest BCUT2D eigenvalue weighted by atomic mass is 19.4. The van der Waals surface area contributed by atoms with Crippen LogP contribution < -0.4 is 4.74 Å². The molecule has 3 rings (SSSR count). The van der Waals surface area contributed by atoms with Gasteiger partial charge in [0.25, 0.3) is 5.91 Å². The predicted molar refractivity (Wildman–Crippen MR) is 93.7 cm³/mol. The number of likely N-dealkylation sites (tertiary alicyclic amines) is 2. The Morgan fingerprint density at radius 1 is 0.963 bits per heavy atom. The lowest BCUT2D eigenvalue weighted by atomic mass is 10.0. The normalized spacial score (nSPS) is 20.7. The third-order valence-electron chi connectivity index (χ3n) is 5.11. The van der Waals surface area contributed by atoms with Gasteiger partial charge in [-0.25, -0.2) is 0 Å². The molecule has 0 aromatic heterocycles. The summed E-state index contributed by atoms with van der Waals surface area (Å²) in [5.74, 6) is -0.504. The molecule has 2 fully saturated rings. The van der Waals surface area contributed by atoms with Crippen LogP contribution in [0.25, 0.3) is 0 Å². The molecule has 2 aliphatic heterocycles. The number of hydrogen-bond acceptors (Lipinski definition) is 4. The summed E-state index contributed by atoms with van der Waals surface area (Å²) in [4.78, 5) is 16.6. The molecule has 0 bridgehead atoms. The van der Waals surface area contributed by atoms with Gasteiger partial charge in [0.1, 0.15) is 5.75 Å². The van der Waals surface area contributed by atoms with E-state index in [1.54, 1.807) is 4.90 Å². The van der Waals surface area contributed by atoms with Crippen LogP contribution in [0, 0.1) is 0 Å². The summed E-state index contributed by atoms with van der Waals surface area (Å²) in [5, 5.41) is 0. The number of ether oxygens (including phenoxy) is 2. The fourth-order valence-corrected chi connectivity index (χ4v) is 3.57. The summed E-state index contributed by atoms with van der Waals surface area (Å²) in [6, 6.07) is 5.06. The van der Waals surface area contributed by atoms with Gasteiger partial charge in [-0.15, -0.1) is 13.2 Å². The van der Waals surface area contributed by atoms with E-state index in [4.69, 9.17) is 4.74 Å². The van der Waals surface area contributed by atoms with Gasteiger partial charge in [0.05, 0.1) is 12.2 Å². The maximum absolute atomic E-state index is 12.5. The monoisotopic (exact) mass is 386 g/mol. The minimum absolute atomic E-state index is 0.171. The first-order chi connectivity index (χ1) is 12.8. The van der Waals surface area contributed by atoms with Crippen molar-refractivity contribution in [3.8, 4) is 5.75 Å². The van der Waals surface area contributed by atoms with Crippen LogP contribution in [0.5, 0.6) is 5.75 Å². The molecule has 1 aromatic rings. The van der Waals surface area contributed by atoms with E-state index in [1.807, 2.05) is 0 Å². The van der Waals surface area contributed by atoms with Crippen molar-refractivity contribution < 1.29 is 27.4 Å². The third-order valence-corrected chi connectivity index (χ3v) is 5.11. The molecule has 0 saturated carbocycles. The Kier molecular flexibility index (Phi) is 6.26.